The highest BCUT2D eigenvalue weighted by atomic mass is 15.5. The Bertz CT molecular complexity index is 1480. The molecule has 7 rings (SSSR count). The summed E-state index contributed by atoms with van der Waals surface area (Å²) in [5.74, 6) is 1.93. The quantitative estimate of drug-likeness (QED) is 0.303. The lowest BCUT2D eigenvalue weighted by Gasteiger charge is -2.46. The van der Waals surface area contributed by atoms with E-state index in [4.69, 9.17) is 9.97 Å². The summed E-state index contributed by atoms with van der Waals surface area (Å²) in [5.41, 5.74) is 9.52. The monoisotopic (exact) mass is 472 g/mol. The number of anilines is 4. The lowest BCUT2D eigenvalue weighted by Crippen LogP contribution is -2.51. The molecule has 0 bridgehead atoms. The number of rotatable bonds is 4. The van der Waals surface area contributed by atoms with Crippen molar-refractivity contribution in [2.24, 2.45) is 5.41 Å². The first-order valence-electron chi connectivity index (χ1n) is 13.2. The molecule has 0 amide bonds. The molecular weight excluding hydrogens is 440 g/mol. The molecule has 4 nitrogen and oxygen atoms in total. The Labute approximate surface area is 213 Å². The Morgan fingerprint density at radius 2 is 1.50 bits per heavy atom. The van der Waals surface area contributed by atoms with Crippen LogP contribution in [0.2, 0.25) is 0 Å². The summed E-state index contributed by atoms with van der Waals surface area (Å²) in [4.78, 5) is 14.8. The van der Waals surface area contributed by atoms with Crippen LogP contribution >= 0.6 is 0 Å². The van der Waals surface area contributed by atoms with E-state index in [1.54, 1.807) is 0 Å². The molecule has 0 N–H and O–H groups in total. The Kier molecular flexibility index (Phi) is 4.46. The third kappa shape index (κ3) is 2.54. The van der Waals surface area contributed by atoms with Crippen molar-refractivity contribution in [2.75, 3.05) is 9.80 Å². The van der Waals surface area contributed by atoms with Gasteiger partial charge in [0.2, 0.25) is 0 Å². The molecule has 1 aliphatic carbocycles. The van der Waals surface area contributed by atoms with Gasteiger partial charge in [0.15, 0.2) is 11.6 Å². The van der Waals surface area contributed by atoms with E-state index in [0.717, 1.165) is 24.5 Å². The molecule has 3 aromatic carbocycles. The van der Waals surface area contributed by atoms with Crippen LogP contribution in [-0.4, -0.2) is 16.1 Å². The molecular formula is C32H32N4. The van der Waals surface area contributed by atoms with E-state index in [9.17, 15) is 0 Å². The van der Waals surface area contributed by atoms with E-state index in [0.29, 0.717) is 0 Å². The van der Waals surface area contributed by atoms with Crippen LogP contribution in [0.3, 0.4) is 0 Å². The standard InChI is InChI=1S/C32H32N4/c1-5-31-20-32(31,6-2)30-35(24-13-8-7-9-14-24)28-29(34-18-17-33-28)36(30)26-19-23(15-16-25(26)31)27-21(3)11-10-12-22(27)4/h7-19,30H,5-6,20H2,1-4H3. The Morgan fingerprint density at radius 1 is 0.806 bits per heavy atom. The maximum atomic E-state index is 4.94. The molecule has 3 unspecified atom stereocenters. The smallest absolute Gasteiger partial charge is 0.178 e. The topological polar surface area (TPSA) is 32.3 Å². The molecule has 3 aliphatic rings. The third-order valence-electron chi connectivity index (χ3n) is 9.36. The average Bonchev–Trinajstić information content (AvgIpc) is 3.49. The number of aryl methyl sites for hydroxylation is 2. The number of hydrogen-bond acceptors (Lipinski definition) is 4. The first kappa shape index (κ1) is 21.6. The van der Waals surface area contributed by atoms with E-state index in [1.165, 1.54) is 45.6 Å². The van der Waals surface area contributed by atoms with Crippen LogP contribution in [0, 0.1) is 19.3 Å². The second-order valence-corrected chi connectivity index (χ2v) is 10.8. The maximum Gasteiger partial charge on any atom is 0.178 e. The second-order valence-electron chi connectivity index (χ2n) is 10.8. The molecule has 1 saturated carbocycles. The normalized spacial score (nSPS) is 25.2. The minimum atomic E-state index is 0.146. The summed E-state index contributed by atoms with van der Waals surface area (Å²) < 4.78 is 0. The summed E-state index contributed by atoms with van der Waals surface area (Å²) >= 11 is 0. The van der Waals surface area contributed by atoms with Gasteiger partial charge in [-0.1, -0.05) is 62.4 Å². The zero-order valence-electron chi connectivity index (χ0n) is 21.5. The van der Waals surface area contributed by atoms with Crippen molar-refractivity contribution >= 4 is 23.0 Å². The van der Waals surface area contributed by atoms with Gasteiger partial charge in [0.25, 0.3) is 0 Å². The third-order valence-corrected chi connectivity index (χ3v) is 9.36. The number of para-hydroxylation sites is 1. The van der Waals surface area contributed by atoms with Crippen molar-refractivity contribution in [3.63, 3.8) is 0 Å². The number of aromatic nitrogens is 2. The fourth-order valence-electron chi connectivity index (χ4n) is 7.67. The molecule has 0 saturated heterocycles. The van der Waals surface area contributed by atoms with Gasteiger partial charge in [-0.05, 0) is 79.1 Å². The van der Waals surface area contributed by atoms with Crippen LogP contribution in [0.25, 0.3) is 11.1 Å². The molecule has 3 heterocycles. The van der Waals surface area contributed by atoms with Crippen molar-refractivity contribution in [1.29, 1.82) is 0 Å². The van der Waals surface area contributed by atoms with E-state index in [2.05, 4.69) is 104 Å². The van der Waals surface area contributed by atoms with Crippen molar-refractivity contribution in [3.8, 4) is 11.1 Å². The lowest BCUT2D eigenvalue weighted by molar-refractivity contribution is 0.311. The summed E-state index contributed by atoms with van der Waals surface area (Å²) in [6, 6.07) is 24.6. The van der Waals surface area contributed by atoms with Gasteiger partial charge in [-0.15, -0.1) is 0 Å². The van der Waals surface area contributed by atoms with Gasteiger partial charge in [0.05, 0.1) is 0 Å². The van der Waals surface area contributed by atoms with Gasteiger partial charge in [-0.3, -0.25) is 0 Å². The molecule has 36 heavy (non-hydrogen) atoms. The highest BCUT2D eigenvalue weighted by Crippen LogP contribution is 2.77. The van der Waals surface area contributed by atoms with E-state index < -0.39 is 0 Å². The Morgan fingerprint density at radius 3 is 2.17 bits per heavy atom. The second kappa shape index (κ2) is 7.42. The van der Waals surface area contributed by atoms with Gasteiger partial charge in [0.1, 0.15) is 6.17 Å². The number of nitrogens with zero attached hydrogens (tertiary/aromatic N) is 4. The average molecular weight is 473 g/mol. The van der Waals surface area contributed by atoms with Crippen LogP contribution < -0.4 is 9.80 Å². The van der Waals surface area contributed by atoms with Crippen LogP contribution in [0.5, 0.6) is 0 Å². The molecule has 180 valence electrons. The van der Waals surface area contributed by atoms with Gasteiger partial charge < -0.3 is 9.80 Å². The van der Waals surface area contributed by atoms with Crippen molar-refractivity contribution in [1.82, 2.24) is 9.97 Å². The fourth-order valence-corrected chi connectivity index (χ4v) is 7.67. The number of hydrogen-bond donors (Lipinski definition) is 0. The molecule has 2 aliphatic heterocycles. The molecule has 1 fully saturated rings. The minimum absolute atomic E-state index is 0.146. The van der Waals surface area contributed by atoms with Crippen LogP contribution in [0.15, 0.2) is 79.1 Å². The SMILES string of the molecule is CCC12CC1(CC)C1N(c3ccccc3)c3nccnc3N1c1cc(-c3c(C)cccc3C)ccc12. The summed E-state index contributed by atoms with van der Waals surface area (Å²) in [7, 11) is 0. The molecule has 0 radical (unpaired) electrons. The predicted octanol–water partition coefficient (Wildman–Crippen LogP) is 7.84. The lowest BCUT2D eigenvalue weighted by atomic mass is 9.75. The van der Waals surface area contributed by atoms with E-state index in [1.807, 2.05) is 12.4 Å². The maximum absolute atomic E-state index is 4.94. The zero-order valence-corrected chi connectivity index (χ0v) is 21.5. The summed E-state index contributed by atoms with van der Waals surface area (Å²) in [6.07, 6.45) is 7.29. The highest BCUT2D eigenvalue weighted by molar-refractivity contribution is 5.90. The van der Waals surface area contributed by atoms with E-state index in [-0.39, 0.29) is 17.0 Å². The van der Waals surface area contributed by atoms with Crippen molar-refractivity contribution in [2.45, 2.75) is 58.5 Å². The van der Waals surface area contributed by atoms with Crippen molar-refractivity contribution < 1.29 is 0 Å². The number of benzene rings is 3. The highest BCUT2D eigenvalue weighted by Gasteiger charge is 2.76. The van der Waals surface area contributed by atoms with E-state index >= 15 is 0 Å². The summed E-state index contributed by atoms with van der Waals surface area (Å²) in [5, 5.41) is 0. The molecule has 0 spiro atoms. The molecule has 3 atom stereocenters. The molecule has 1 aromatic heterocycles. The largest absolute Gasteiger partial charge is 0.301 e. The number of fused-ring (bicyclic) bond motifs is 8. The Balaban J connectivity index is 1.52. The Hall–Kier alpha value is -3.66. The molecule has 4 heteroatoms. The van der Waals surface area contributed by atoms with Crippen molar-refractivity contribution in [3.05, 3.63) is 95.8 Å². The van der Waals surface area contributed by atoms with Crippen LogP contribution in [0.1, 0.15) is 49.8 Å². The summed E-state index contributed by atoms with van der Waals surface area (Å²) in [6.45, 7) is 9.18. The van der Waals surface area contributed by atoms with Gasteiger partial charge in [0, 0.05) is 34.6 Å². The molecule has 4 aromatic rings. The van der Waals surface area contributed by atoms with Gasteiger partial charge in [-0.2, -0.15) is 0 Å². The minimum Gasteiger partial charge on any atom is -0.301 e. The predicted molar refractivity (Wildman–Crippen MR) is 147 cm³/mol. The van der Waals surface area contributed by atoms with Gasteiger partial charge >= 0.3 is 0 Å². The van der Waals surface area contributed by atoms with Crippen LogP contribution in [-0.2, 0) is 5.41 Å². The first-order valence-corrected chi connectivity index (χ1v) is 13.2. The van der Waals surface area contributed by atoms with Crippen LogP contribution in [0.4, 0.5) is 23.0 Å². The van der Waals surface area contributed by atoms with Gasteiger partial charge in [-0.25, -0.2) is 9.97 Å². The first-order chi connectivity index (χ1) is 17.6. The zero-order chi connectivity index (χ0) is 24.7. The fraction of sp³-hybridized carbons (Fsp3) is 0.312.